The molecule has 0 aliphatic heterocycles. The number of fused-ring (bicyclic) bond motifs is 8. The van der Waals surface area contributed by atoms with Crippen LogP contribution in [0.15, 0.2) is 182 Å². The molecule has 0 unspecified atom stereocenters. The summed E-state index contributed by atoms with van der Waals surface area (Å²) in [6.07, 6.45) is 0. The fourth-order valence-corrected chi connectivity index (χ4v) is 8.19. The first-order valence-corrected chi connectivity index (χ1v) is 17.7. The van der Waals surface area contributed by atoms with Crippen molar-refractivity contribution in [1.29, 1.82) is 0 Å². The van der Waals surface area contributed by atoms with E-state index in [4.69, 9.17) is 9.97 Å². The highest BCUT2D eigenvalue weighted by Gasteiger charge is 2.20. The van der Waals surface area contributed by atoms with Crippen molar-refractivity contribution in [2.75, 3.05) is 0 Å². The van der Waals surface area contributed by atoms with Crippen molar-refractivity contribution in [3.63, 3.8) is 0 Å². The van der Waals surface area contributed by atoms with Gasteiger partial charge in [-0.1, -0.05) is 127 Å². The monoisotopic (exact) mass is 662 g/mol. The van der Waals surface area contributed by atoms with Gasteiger partial charge >= 0.3 is 0 Å². The van der Waals surface area contributed by atoms with Crippen LogP contribution in [-0.2, 0) is 0 Å². The Hall–Kier alpha value is -7.04. The summed E-state index contributed by atoms with van der Waals surface area (Å²) in [5.41, 5.74) is 10.9. The Kier molecular flexibility index (Phi) is 6.22. The van der Waals surface area contributed by atoms with Crippen molar-refractivity contribution >= 4 is 65.3 Å². The maximum atomic E-state index is 5.41. The van der Waals surface area contributed by atoms with Crippen LogP contribution >= 0.6 is 0 Å². The lowest BCUT2D eigenvalue weighted by Crippen LogP contribution is -2.03. The predicted octanol–water partition coefficient (Wildman–Crippen LogP) is 12.3. The van der Waals surface area contributed by atoms with Gasteiger partial charge in [0.15, 0.2) is 0 Å². The van der Waals surface area contributed by atoms with E-state index >= 15 is 0 Å². The lowest BCUT2D eigenvalue weighted by Gasteiger charge is -2.13. The largest absolute Gasteiger partial charge is 0.309 e. The van der Waals surface area contributed by atoms with Gasteiger partial charge in [0.05, 0.1) is 33.3 Å². The number of hydrogen-bond donors (Lipinski definition) is 0. The van der Waals surface area contributed by atoms with E-state index in [0.29, 0.717) is 5.95 Å². The third kappa shape index (κ3) is 4.28. The molecule has 3 aromatic heterocycles. The maximum absolute atomic E-state index is 5.41. The lowest BCUT2D eigenvalue weighted by atomic mass is 9.97. The summed E-state index contributed by atoms with van der Waals surface area (Å²) in [4.78, 5) is 10.8. The van der Waals surface area contributed by atoms with E-state index in [1.807, 2.05) is 0 Å². The molecule has 0 spiro atoms. The fourth-order valence-electron chi connectivity index (χ4n) is 8.19. The first-order chi connectivity index (χ1) is 25.8. The molecule has 242 valence electrons. The normalized spacial score (nSPS) is 11.8. The molecule has 52 heavy (non-hydrogen) atoms. The summed E-state index contributed by atoms with van der Waals surface area (Å²) < 4.78 is 4.61. The summed E-state index contributed by atoms with van der Waals surface area (Å²) in [5.74, 6) is 0.656. The van der Waals surface area contributed by atoms with Crippen molar-refractivity contribution in [1.82, 2.24) is 19.1 Å². The average molecular weight is 663 g/mol. The second kappa shape index (κ2) is 11.2. The summed E-state index contributed by atoms with van der Waals surface area (Å²) >= 11 is 0. The topological polar surface area (TPSA) is 35.6 Å². The Morgan fingerprint density at radius 3 is 1.83 bits per heavy atom. The summed E-state index contributed by atoms with van der Waals surface area (Å²) in [6, 6.07) is 64.8. The Bertz CT molecular complexity index is 3170. The first-order valence-electron chi connectivity index (χ1n) is 17.7. The molecule has 0 atom stereocenters. The predicted molar refractivity (Wildman–Crippen MR) is 217 cm³/mol. The quantitative estimate of drug-likeness (QED) is 0.188. The molecule has 0 aliphatic carbocycles. The van der Waals surface area contributed by atoms with Crippen molar-refractivity contribution in [3.8, 4) is 34.0 Å². The van der Waals surface area contributed by atoms with Crippen molar-refractivity contribution < 1.29 is 0 Å². The minimum Gasteiger partial charge on any atom is -0.309 e. The fraction of sp³-hybridized carbons (Fsp3) is 0. The van der Waals surface area contributed by atoms with Gasteiger partial charge in [0.25, 0.3) is 0 Å². The standard InChI is InChI=1S/C48H30N4/c1-3-14-31(15-4-1)47-38-27-26-34(36-22-13-25-44-46(36)39-21-10-12-24-43(39)51(44)35-18-5-2-6-19-35)29-41(38)49-48(50-47)52-42-23-11-9-20-37(42)40-28-32-16-7-8-17-33(32)30-45(40)52/h1-30H. The van der Waals surface area contributed by atoms with E-state index in [9.17, 15) is 0 Å². The van der Waals surface area contributed by atoms with Gasteiger partial charge in [-0.2, -0.15) is 0 Å². The highest BCUT2D eigenvalue weighted by atomic mass is 15.2. The first kappa shape index (κ1) is 28.8. The molecule has 0 N–H and O–H groups in total. The lowest BCUT2D eigenvalue weighted by molar-refractivity contribution is 1.01. The number of hydrogen-bond acceptors (Lipinski definition) is 2. The molecular weight excluding hydrogens is 633 g/mol. The highest BCUT2D eigenvalue weighted by Crippen LogP contribution is 2.41. The van der Waals surface area contributed by atoms with Crippen LogP contribution < -0.4 is 0 Å². The molecule has 8 aromatic carbocycles. The molecule has 0 bridgehead atoms. The minimum absolute atomic E-state index is 0.656. The molecule has 0 radical (unpaired) electrons. The van der Waals surface area contributed by atoms with Crippen LogP contribution in [0.1, 0.15) is 0 Å². The van der Waals surface area contributed by atoms with Gasteiger partial charge in [-0.15, -0.1) is 0 Å². The molecule has 11 aromatic rings. The van der Waals surface area contributed by atoms with Gasteiger partial charge < -0.3 is 4.57 Å². The van der Waals surface area contributed by atoms with E-state index in [1.165, 1.54) is 48.9 Å². The Morgan fingerprint density at radius 2 is 1.02 bits per heavy atom. The van der Waals surface area contributed by atoms with E-state index in [-0.39, 0.29) is 0 Å². The summed E-state index contributed by atoms with van der Waals surface area (Å²) in [7, 11) is 0. The molecule has 0 saturated carbocycles. The highest BCUT2D eigenvalue weighted by molar-refractivity contribution is 6.16. The number of benzene rings is 8. The van der Waals surface area contributed by atoms with Gasteiger partial charge in [-0.3, -0.25) is 4.57 Å². The van der Waals surface area contributed by atoms with E-state index in [0.717, 1.165) is 44.4 Å². The number of aromatic nitrogens is 4. The second-order valence-electron chi connectivity index (χ2n) is 13.4. The molecule has 4 nitrogen and oxygen atoms in total. The van der Waals surface area contributed by atoms with Crippen LogP contribution in [0.2, 0.25) is 0 Å². The van der Waals surface area contributed by atoms with Crippen LogP contribution in [0.5, 0.6) is 0 Å². The van der Waals surface area contributed by atoms with E-state index < -0.39 is 0 Å². The molecule has 0 aliphatic rings. The Morgan fingerprint density at radius 1 is 0.365 bits per heavy atom. The molecule has 0 amide bonds. The van der Waals surface area contributed by atoms with Crippen LogP contribution in [0.25, 0.3) is 99.3 Å². The number of nitrogens with zero attached hydrogens (tertiary/aromatic N) is 4. The van der Waals surface area contributed by atoms with Crippen LogP contribution in [0.3, 0.4) is 0 Å². The molecule has 0 saturated heterocycles. The molecule has 0 fully saturated rings. The van der Waals surface area contributed by atoms with Crippen molar-refractivity contribution in [2.45, 2.75) is 0 Å². The zero-order chi connectivity index (χ0) is 34.2. The SMILES string of the molecule is c1ccc(-c2nc(-n3c4ccccc4c4cc5ccccc5cc43)nc3cc(-c4cccc5c4c4ccccc4n5-c4ccccc4)ccc23)cc1. The maximum Gasteiger partial charge on any atom is 0.235 e. The van der Waals surface area contributed by atoms with Crippen molar-refractivity contribution in [3.05, 3.63) is 182 Å². The third-order valence-electron chi connectivity index (χ3n) is 10.5. The van der Waals surface area contributed by atoms with Gasteiger partial charge in [0, 0.05) is 38.2 Å². The Labute approximate surface area is 299 Å². The zero-order valence-electron chi connectivity index (χ0n) is 28.1. The molecular formula is C48H30N4. The van der Waals surface area contributed by atoms with Gasteiger partial charge in [0.2, 0.25) is 5.95 Å². The zero-order valence-corrected chi connectivity index (χ0v) is 28.1. The van der Waals surface area contributed by atoms with Crippen LogP contribution in [0.4, 0.5) is 0 Å². The van der Waals surface area contributed by atoms with Crippen molar-refractivity contribution in [2.24, 2.45) is 0 Å². The number of para-hydroxylation sites is 3. The number of rotatable bonds is 4. The van der Waals surface area contributed by atoms with E-state index in [2.05, 4.69) is 191 Å². The second-order valence-corrected chi connectivity index (χ2v) is 13.4. The Balaban J connectivity index is 1.20. The molecule has 11 rings (SSSR count). The van der Waals surface area contributed by atoms with Crippen LogP contribution in [0, 0.1) is 0 Å². The van der Waals surface area contributed by atoms with Gasteiger partial charge in [-0.25, -0.2) is 9.97 Å². The molecule has 3 heterocycles. The minimum atomic E-state index is 0.656. The van der Waals surface area contributed by atoms with Gasteiger partial charge in [0.1, 0.15) is 0 Å². The third-order valence-corrected chi connectivity index (χ3v) is 10.5. The summed E-state index contributed by atoms with van der Waals surface area (Å²) in [6.45, 7) is 0. The molecule has 4 heteroatoms. The van der Waals surface area contributed by atoms with Gasteiger partial charge in [-0.05, 0) is 76.5 Å². The summed E-state index contributed by atoms with van der Waals surface area (Å²) in [5, 5.41) is 8.25. The smallest absolute Gasteiger partial charge is 0.235 e. The van der Waals surface area contributed by atoms with E-state index in [1.54, 1.807) is 0 Å². The van der Waals surface area contributed by atoms with Crippen LogP contribution in [-0.4, -0.2) is 19.1 Å². The average Bonchev–Trinajstić information content (AvgIpc) is 3.72.